The Balaban J connectivity index is 2.36. The van der Waals surface area contributed by atoms with Gasteiger partial charge in [-0.3, -0.25) is 9.59 Å². The predicted molar refractivity (Wildman–Crippen MR) is 71.6 cm³/mol. The topological polar surface area (TPSA) is 61.8 Å². The summed E-state index contributed by atoms with van der Waals surface area (Å²) in [4.78, 5) is 22.2. The standard InChI is InChI=1S/C15H18O5/c1-9(16)18-11-5-6-12-13(7-11)20-15(3,4)8-14(12)19-10(2)17/h5-7,14H,8H2,1-4H3. The number of carbonyl (C=O) groups is 2. The number of ether oxygens (including phenoxy) is 3. The number of carbonyl (C=O) groups excluding carboxylic acids is 2. The Kier molecular flexibility index (Phi) is 3.70. The molecule has 0 saturated carbocycles. The van der Waals surface area contributed by atoms with Crippen LogP contribution < -0.4 is 9.47 Å². The zero-order chi connectivity index (χ0) is 14.9. The number of benzene rings is 1. The van der Waals surface area contributed by atoms with E-state index in [0.717, 1.165) is 5.56 Å². The van der Waals surface area contributed by atoms with Gasteiger partial charge in [0, 0.05) is 31.9 Å². The summed E-state index contributed by atoms with van der Waals surface area (Å²) in [5.41, 5.74) is 0.331. The molecule has 1 aromatic carbocycles. The van der Waals surface area contributed by atoms with E-state index >= 15 is 0 Å². The largest absolute Gasteiger partial charge is 0.487 e. The molecule has 0 aromatic heterocycles. The molecular weight excluding hydrogens is 260 g/mol. The van der Waals surface area contributed by atoms with Crippen LogP contribution >= 0.6 is 0 Å². The fourth-order valence-electron chi connectivity index (χ4n) is 2.30. The molecule has 5 heteroatoms. The third kappa shape index (κ3) is 3.29. The highest BCUT2D eigenvalue weighted by Gasteiger charge is 2.35. The summed E-state index contributed by atoms with van der Waals surface area (Å²) in [5.74, 6) is 0.265. The molecule has 0 N–H and O–H groups in total. The van der Waals surface area contributed by atoms with Crippen LogP contribution in [0.4, 0.5) is 0 Å². The second kappa shape index (κ2) is 5.15. The van der Waals surface area contributed by atoms with Crippen molar-refractivity contribution in [3.8, 4) is 11.5 Å². The van der Waals surface area contributed by atoms with E-state index in [1.54, 1.807) is 18.2 Å². The third-order valence-electron chi connectivity index (χ3n) is 2.96. The van der Waals surface area contributed by atoms with Crippen LogP contribution in [0.1, 0.15) is 45.8 Å². The van der Waals surface area contributed by atoms with Crippen molar-refractivity contribution in [2.45, 2.75) is 45.8 Å². The average molecular weight is 278 g/mol. The lowest BCUT2D eigenvalue weighted by atomic mass is 9.91. The van der Waals surface area contributed by atoms with Gasteiger partial charge >= 0.3 is 11.9 Å². The summed E-state index contributed by atoms with van der Waals surface area (Å²) in [7, 11) is 0. The first kappa shape index (κ1) is 14.4. The molecule has 0 amide bonds. The zero-order valence-electron chi connectivity index (χ0n) is 12.1. The van der Waals surface area contributed by atoms with Gasteiger partial charge in [0.15, 0.2) is 0 Å². The monoisotopic (exact) mass is 278 g/mol. The fraction of sp³-hybridized carbons (Fsp3) is 0.467. The number of hydrogen-bond donors (Lipinski definition) is 0. The number of hydrogen-bond acceptors (Lipinski definition) is 5. The van der Waals surface area contributed by atoms with Crippen molar-refractivity contribution < 1.29 is 23.8 Å². The van der Waals surface area contributed by atoms with Crippen LogP contribution in [0.5, 0.6) is 11.5 Å². The Hall–Kier alpha value is -2.04. The van der Waals surface area contributed by atoms with Crippen molar-refractivity contribution in [2.75, 3.05) is 0 Å². The molecule has 0 saturated heterocycles. The van der Waals surface area contributed by atoms with Crippen molar-refractivity contribution in [3.05, 3.63) is 23.8 Å². The van der Waals surface area contributed by atoms with Gasteiger partial charge in [-0.25, -0.2) is 0 Å². The molecule has 1 aliphatic rings. The van der Waals surface area contributed by atoms with Crippen LogP contribution in [0.25, 0.3) is 0 Å². The SMILES string of the molecule is CC(=O)Oc1ccc2c(c1)OC(C)(C)CC2OC(C)=O. The Morgan fingerprint density at radius 2 is 1.95 bits per heavy atom. The first-order valence-corrected chi connectivity index (χ1v) is 6.45. The third-order valence-corrected chi connectivity index (χ3v) is 2.96. The molecule has 5 nitrogen and oxygen atoms in total. The van der Waals surface area contributed by atoms with E-state index in [1.807, 2.05) is 13.8 Å². The van der Waals surface area contributed by atoms with Gasteiger partial charge in [0.25, 0.3) is 0 Å². The number of rotatable bonds is 2. The van der Waals surface area contributed by atoms with E-state index in [1.165, 1.54) is 13.8 Å². The van der Waals surface area contributed by atoms with Gasteiger partial charge in [-0.2, -0.15) is 0 Å². The van der Waals surface area contributed by atoms with Gasteiger partial charge in [-0.05, 0) is 26.0 Å². The van der Waals surface area contributed by atoms with Crippen molar-refractivity contribution in [2.24, 2.45) is 0 Å². The summed E-state index contributed by atoms with van der Waals surface area (Å²) >= 11 is 0. The second-order valence-electron chi connectivity index (χ2n) is 5.46. The Bertz CT molecular complexity index is 547. The molecule has 2 rings (SSSR count). The molecule has 1 aromatic rings. The maximum atomic E-state index is 11.2. The molecule has 1 heterocycles. The van der Waals surface area contributed by atoms with Crippen molar-refractivity contribution >= 4 is 11.9 Å². The highest BCUT2D eigenvalue weighted by Crippen LogP contribution is 2.42. The summed E-state index contributed by atoms with van der Waals surface area (Å²) in [6.07, 6.45) is 0.226. The predicted octanol–water partition coefficient (Wildman–Crippen LogP) is 2.78. The molecule has 0 aliphatic carbocycles. The molecule has 0 bridgehead atoms. The molecule has 1 unspecified atom stereocenters. The lowest BCUT2D eigenvalue weighted by Crippen LogP contribution is -2.36. The van der Waals surface area contributed by atoms with Crippen molar-refractivity contribution in [1.82, 2.24) is 0 Å². The minimum Gasteiger partial charge on any atom is -0.487 e. The van der Waals surface area contributed by atoms with E-state index in [0.29, 0.717) is 17.9 Å². The van der Waals surface area contributed by atoms with Crippen molar-refractivity contribution in [1.29, 1.82) is 0 Å². The lowest BCUT2D eigenvalue weighted by Gasteiger charge is -2.37. The molecule has 1 aliphatic heterocycles. The number of esters is 2. The minimum absolute atomic E-state index is 0.331. The van der Waals surface area contributed by atoms with Crippen LogP contribution in [0.2, 0.25) is 0 Å². The van der Waals surface area contributed by atoms with Crippen LogP contribution in [-0.2, 0) is 14.3 Å². The van der Waals surface area contributed by atoms with Gasteiger partial charge in [0.05, 0.1) is 0 Å². The molecule has 0 radical (unpaired) electrons. The summed E-state index contributed by atoms with van der Waals surface area (Å²) in [5, 5.41) is 0. The Labute approximate surface area is 117 Å². The normalized spacial score (nSPS) is 19.5. The van der Waals surface area contributed by atoms with Gasteiger partial charge in [0.1, 0.15) is 23.2 Å². The zero-order valence-corrected chi connectivity index (χ0v) is 12.1. The van der Waals surface area contributed by atoms with Crippen LogP contribution in [0.15, 0.2) is 18.2 Å². The lowest BCUT2D eigenvalue weighted by molar-refractivity contribution is -0.150. The second-order valence-corrected chi connectivity index (χ2v) is 5.46. The van der Waals surface area contributed by atoms with E-state index in [4.69, 9.17) is 14.2 Å². The van der Waals surface area contributed by atoms with Gasteiger partial charge in [-0.15, -0.1) is 0 Å². The van der Waals surface area contributed by atoms with E-state index in [9.17, 15) is 9.59 Å². The molecule has 108 valence electrons. The summed E-state index contributed by atoms with van der Waals surface area (Å²) < 4.78 is 16.3. The molecule has 20 heavy (non-hydrogen) atoms. The van der Waals surface area contributed by atoms with Gasteiger partial charge in [0.2, 0.25) is 0 Å². The van der Waals surface area contributed by atoms with Crippen LogP contribution in [0, 0.1) is 0 Å². The van der Waals surface area contributed by atoms with E-state index in [2.05, 4.69) is 0 Å². The van der Waals surface area contributed by atoms with Crippen LogP contribution in [0.3, 0.4) is 0 Å². The van der Waals surface area contributed by atoms with Gasteiger partial charge in [-0.1, -0.05) is 0 Å². The average Bonchev–Trinajstić information content (AvgIpc) is 2.24. The number of fused-ring (bicyclic) bond motifs is 1. The summed E-state index contributed by atoms with van der Waals surface area (Å²) in [6.45, 7) is 6.57. The van der Waals surface area contributed by atoms with Gasteiger partial charge < -0.3 is 14.2 Å². The summed E-state index contributed by atoms with van der Waals surface area (Å²) in [6, 6.07) is 5.07. The highest BCUT2D eigenvalue weighted by molar-refractivity contribution is 5.69. The molecule has 0 spiro atoms. The highest BCUT2D eigenvalue weighted by atomic mass is 16.6. The Morgan fingerprint density at radius 3 is 2.55 bits per heavy atom. The quantitative estimate of drug-likeness (QED) is 0.615. The van der Waals surface area contributed by atoms with E-state index in [-0.39, 0.29) is 12.1 Å². The smallest absolute Gasteiger partial charge is 0.308 e. The fourth-order valence-corrected chi connectivity index (χ4v) is 2.30. The maximum absolute atomic E-state index is 11.2. The Morgan fingerprint density at radius 1 is 1.25 bits per heavy atom. The van der Waals surface area contributed by atoms with Crippen molar-refractivity contribution in [3.63, 3.8) is 0 Å². The van der Waals surface area contributed by atoms with E-state index < -0.39 is 11.6 Å². The molecular formula is C15H18O5. The minimum atomic E-state index is -0.456. The maximum Gasteiger partial charge on any atom is 0.308 e. The molecule has 0 fully saturated rings. The first-order valence-electron chi connectivity index (χ1n) is 6.45. The first-order chi connectivity index (χ1) is 9.27. The molecule has 1 atom stereocenters. The van der Waals surface area contributed by atoms with Crippen LogP contribution in [-0.4, -0.2) is 17.5 Å².